The second-order valence-corrected chi connectivity index (χ2v) is 9.75. The number of hydrogen-bond acceptors (Lipinski definition) is 5. The van der Waals surface area contributed by atoms with Crippen molar-refractivity contribution in [2.24, 2.45) is 0 Å². The van der Waals surface area contributed by atoms with Gasteiger partial charge in [-0.2, -0.15) is 17.5 Å². The molecule has 1 aromatic carbocycles. The molecular formula is C19H20F3N3O4S2. The first kappa shape index (κ1) is 23.2. The van der Waals surface area contributed by atoms with Crippen molar-refractivity contribution in [2.75, 3.05) is 26.2 Å². The fourth-order valence-electron chi connectivity index (χ4n) is 3.22. The van der Waals surface area contributed by atoms with E-state index < -0.39 is 38.6 Å². The number of carbonyl (C=O) groups excluding carboxylic acids is 2. The van der Waals surface area contributed by atoms with Crippen molar-refractivity contribution in [1.82, 2.24) is 14.5 Å². The molecule has 12 heteroatoms. The van der Waals surface area contributed by atoms with E-state index in [0.717, 1.165) is 22.5 Å². The van der Waals surface area contributed by atoms with Crippen molar-refractivity contribution < 1.29 is 31.2 Å². The van der Waals surface area contributed by atoms with Crippen molar-refractivity contribution >= 4 is 33.2 Å². The van der Waals surface area contributed by atoms with E-state index in [1.807, 2.05) is 0 Å². The molecule has 3 rings (SSSR count). The maximum absolute atomic E-state index is 13.2. The zero-order valence-corrected chi connectivity index (χ0v) is 18.1. The number of amides is 2. The summed E-state index contributed by atoms with van der Waals surface area (Å²) in [4.78, 5) is 25.8. The van der Waals surface area contributed by atoms with E-state index in [1.165, 1.54) is 29.2 Å². The van der Waals surface area contributed by atoms with E-state index in [4.69, 9.17) is 0 Å². The molecule has 31 heavy (non-hydrogen) atoms. The van der Waals surface area contributed by atoms with Gasteiger partial charge in [-0.1, -0.05) is 18.2 Å². The monoisotopic (exact) mass is 475 g/mol. The van der Waals surface area contributed by atoms with Crippen LogP contribution in [0, 0.1) is 0 Å². The third kappa shape index (κ3) is 5.08. The topological polar surface area (TPSA) is 86.8 Å². The molecule has 1 N–H and O–H groups in total. The molecular weight excluding hydrogens is 455 g/mol. The lowest BCUT2D eigenvalue weighted by atomic mass is 10.2. The zero-order chi connectivity index (χ0) is 22.8. The van der Waals surface area contributed by atoms with Crippen molar-refractivity contribution in [2.45, 2.75) is 24.0 Å². The Hall–Kier alpha value is -2.44. The number of rotatable bonds is 5. The molecule has 1 saturated heterocycles. The van der Waals surface area contributed by atoms with Crippen LogP contribution in [0.5, 0.6) is 0 Å². The highest BCUT2D eigenvalue weighted by molar-refractivity contribution is 7.89. The minimum Gasteiger partial charge on any atom is -0.340 e. The molecule has 1 aromatic heterocycles. The van der Waals surface area contributed by atoms with Crippen molar-refractivity contribution in [3.63, 3.8) is 0 Å². The molecule has 0 radical (unpaired) electrons. The van der Waals surface area contributed by atoms with Crippen LogP contribution in [0.2, 0.25) is 0 Å². The van der Waals surface area contributed by atoms with Crippen molar-refractivity contribution in [3.05, 3.63) is 52.2 Å². The average Bonchev–Trinajstić information content (AvgIpc) is 3.28. The van der Waals surface area contributed by atoms with Gasteiger partial charge in [-0.05, 0) is 30.5 Å². The maximum atomic E-state index is 13.2. The first-order valence-electron chi connectivity index (χ1n) is 9.31. The second kappa shape index (κ2) is 8.97. The first-order chi connectivity index (χ1) is 14.5. The standard InChI is InChI=1S/C19H20F3N3O4S2/c1-13(23-17(26)15-6-4-12-30-15)18(27)24-8-10-25(11-9-24)31(28,29)16-7-3-2-5-14(16)19(20,21)22/h2-7,12-13H,8-11H2,1H3,(H,23,26). The number of nitrogens with one attached hydrogen (secondary N) is 1. The molecule has 1 unspecified atom stereocenters. The number of piperazine rings is 1. The van der Waals surface area contributed by atoms with E-state index in [9.17, 15) is 31.2 Å². The molecule has 0 saturated carbocycles. The van der Waals surface area contributed by atoms with Gasteiger partial charge in [0.15, 0.2) is 0 Å². The number of benzene rings is 1. The summed E-state index contributed by atoms with van der Waals surface area (Å²) in [5.74, 6) is -0.779. The summed E-state index contributed by atoms with van der Waals surface area (Å²) in [6, 6.07) is 6.53. The van der Waals surface area contributed by atoms with E-state index in [1.54, 1.807) is 17.5 Å². The SMILES string of the molecule is CC(NC(=O)c1cccs1)C(=O)N1CCN(S(=O)(=O)c2ccccc2C(F)(F)F)CC1. The number of hydrogen-bond donors (Lipinski definition) is 1. The van der Waals surface area contributed by atoms with E-state index in [-0.39, 0.29) is 32.1 Å². The van der Waals surface area contributed by atoms with Crippen LogP contribution in [0.15, 0.2) is 46.7 Å². The summed E-state index contributed by atoms with van der Waals surface area (Å²) < 4.78 is 66.3. The summed E-state index contributed by atoms with van der Waals surface area (Å²) in [5.41, 5.74) is -1.22. The first-order valence-corrected chi connectivity index (χ1v) is 11.6. The normalized spacial score (nSPS) is 16.7. The van der Waals surface area contributed by atoms with Gasteiger partial charge in [-0.3, -0.25) is 9.59 Å². The van der Waals surface area contributed by atoms with Crippen LogP contribution in [0.4, 0.5) is 13.2 Å². The molecule has 2 amide bonds. The van der Waals surface area contributed by atoms with E-state index in [2.05, 4.69) is 5.32 Å². The molecule has 0 spiro atoms. The highest BCUT2D eigenvalue weighted by atomic mass is 32.2. The number of carbonyl (C=O) groups is 2. The van der Waals surface area contributed by atoms with Crippen LogP contribution in [0.3, 0.4) is 0 Å². The number of halogens is 3. The predicted octanol–water partition coefficient (Wildman–Crippen LogP) is 2.42. The largest absolute Gasteiger partial charge is 0.417 e. The molecule has 1 aliphatic heterocycles. The minimum atomic E-state index is -4.81. The lowest BCUT2D eigenvalue weighted by Crippen LogP contribution is -2.55. The number of sulfonamides is 1. The molecule has 0 aliphatic carbocycles. The number of alkyl halides is 3. The van der Waals surface area contributed by atoms with Crippen molar-refractivity contribution in [3.8, 4) is 0 Å². The Morgan fingerprint density at radius 1 is 1.06 bits per heavy atom. The molecule has 1 aliphatic rings. The Labute approximate surface area is 181 Å². The summed E-state index contributed by atoms with van der Waals surface area (Å²) >= 11 is 1.23. The highest BCUT2D eigenvalue weighted by Gasteiger charge is 2.40. The molecule has 1 atom stereocenters. The van der Waals surface area contributed by atoms with Crippen molar-refractivity contribution in [1.29, 1.82) is 0 Å². The minimum absolute atomic E-state index is 0.00542. The molecule has 0 bridgehead atoms. The van der Waals surface area contributed by atoms with Gasteiger partial charge < -0.3 is 10.2 Å². The number of thiophene rings is 1. The van der Waals surface area contributed by atoms with Gasteiger partial charge in [-0.25, -0.2) is 8.42 Å². The quantitative estimate of drug-likeness (QED) is 0.720. The van der Waals surface area contributed by atoms with Gasteiger partial charge in [0, 0.05) is 26.2 Å². The fraction of sp³-hybridized carbons (Fsp3) is 0.368. The lowest BCUT2D eigenvalue weighted by molar-refractivity contribution is -0.139. The van der Waals surface area contributed by atoms with Crippen LogP contribution in [0.25, 0.3) is 0 Å². The predicted molar refractivity (Wildman–Crippen MR) is 108 cm³/mol. The van der Waals surface area contributed by atoms with Gasteiger partial charge >= 0.3 is 6.18 Å². The average molecular weight is 476 g/mol. The Morgan fingerprint density at radius 2 is 1.71 bits per heavy atom. The van der Waals surface area contributed by atoms with Gasteiger partial charge in [0.25, 0.3) is 5.91 Å². The molecule has 168 valence electrons. The van der Waals surface area contributed by atoms with Gasteiger partial charge in [0.1, 0.15) is 6.04 Å². The third-order valence-corrected chi connectivity index (χ3v) is 7.65. The van der Waals surface area contributed by atoms with Gasteiger partial charge in [-0.15, -0.1) is 11.3 Å². The van der Waals surface area contributed by atoms with Crippen LogP contribution >= 0.6 is 11.3 Å². The molecule has 1 fully saturated rings. The van der Waals surface area contributed by atoms with Crippen LogP contribution in [-0.4, -0.2) is 61.7 Å². The van der Waals surface area contributed by atoms with Gasteiger partial charge in [0.05, 0.1) is 15.3 Å². The van der Waals surface area contributed by atoms with Crippen LogP contribution < -0.4 is 5.32 Å². The van der Waals surface area contributed by atoms with Crippen LogP contribution in [0.1, 0.15) is 22.2 Å². The Kier molecular flexibility index (Phi) is 6.72. The smallest absolute Gasteiger partial charge is 0.340 e. The third-order valence-electron chi connectivity index (χ3n) is 4.82. The number of nitrogens with zero attached hydrogens (tertiary/aromatic N) is 2. The Bertz CT molecular complexity index is 1050. The molecule has 2 heterocycles. The second-order valence-electron chi connectivity index (χ2n) is 6.90. The van der Waals surface area contributed by atoms with Gasteiger partial charge in [0.2, 0.25) is 15.9 Å². The summed E-state index contributed by atoms with van der Waals surface area (Å²) in [7, 11) is -4.39. The van der Waals surface area contributed by atoms with E-state index >= 15 is 0 Å². The summed E-state index contributed by atoms with van der Waals surface area (Å²) in [5, 5.41) is 4.33. The van der Waals surface area contributed by atoms with Crippen LogP contribution in [-0.2, 0) is 21.0 Å². The summed E-state index contributed by atoms with van der Waals surface area (Å²) in [6.45, 7) is 1.24. The molecule has 2 aromatic rings. The molecule has 7 nitrogen and oxygen atoms in total. The Morgan fingerprint density at radius 3 is 2.29 bits per heavy atom. The Balaban J connectivity index is 1.65. The summed E-state index contributed by atoms with van der Waals surface area (Å²) in [6.07, 6.45) is -4.81. The lowest BCUT2D eigenvalue weighted by Gasteiger charge is -2.35. The zero-order valence-electron chi connectivity index (χ0n) is 16.4. The fourth-order valence-corrected chi connectivity index (χ4v) is 5.49. The van der Waals surface area contributed by atoms with E-state index in [0.29, 0.717) is 4.88 Å². The highest BCUT2D eigenvalue weighted by Crippen LogP contribution is 2.35. The maximum Gasteiger partial charge on any atom is 0.417 e.